The number of carbonyl (C=O) groups excluding carboxylic acids is 1. The van der Waals surface area contributed by atoms with E-state index in [2.05, 4.69) is 0 Å². The summed E-state index contributed by atoms with van der Waals surface area (Å²) in [6.45, 7) is 0. The highest BCUT2D eigenvalue weighted by Crippen LogP contribution is 2.22. The van der Waals surface area contributed by atoms with Crippen molar-refractivity contribution in [3.63, 3.8) is 0 Å². The van der Waals surface area contributed by atoms with E-state index in [0.717, 1.165) is 16.5 Å². The Hall–Kier alpha value is -2.35. The van der Waals surface area contributed by atoms with Gasteiger partial charge in [0.15, 0.2) is 5.78 Å². The van der Waals surface area contributed by atoms with Gasteiger partial charge in [-0.25, -0.2) is 0 Å². The molecule has 0 amide bonds. The van der Waals surface area contributed by atoms with Crippen LogP contribution in [0.25, 0.3) is 11.0 Å². The predicted molar refractivity (Wildman–Crippen MR) is 70.7 cm³/mol. The van der Waals surface area contributed by atoms with Crippen molar-refractivity contribution >= 4 is 16.8 Å². The normalized spacial score (nSPS) is 10.7. The van der Waals surface area contributed by atoms with Crippen molar-refractivity contribution in [2.45, 2.75) is 6.42 Å². The Morgan fingerprint density at radius 2 is 1.67 bits per heavy atom. The van der Waals surface area contributed by atoms with E-state index in [0.29, 0.717) is 12.0 Å². The molecule has 0 N–H and O–H groups in total. The van der Waals surface area contributed by atoms with Crippen LogP contribution in [0.1, 0.15) is 15.9 Å². The first-order valence-corrected chi connectivity index (χ1v) is 5.88. The van der Waals surface area contributed by atoms with Gasteiger partial charge in [-0.1, -0.05) is 48.5 Å². The molecule has 3 aromatic rings. The van der Waals surface area contributed by atoms with Crippen molar-refractivity contribution in [3.8, 4) is 0 Å². The lowest BCUT2D eigenvalue weighted by Gasteiger charge is -1.99. The maximum atomic E-state index is 12.2. The summed E-state index contributed by atoms with van der Waals surface area (Å²) < 4.78 is 5.39. The maximum absolute atomic E-state index is 12.2. The zero-order chi connectivity index (χ0) is 12.4. The highest BCUT2D eigenvalue weighted by atomic mass is 16.3. The van der Waals surface area contributed by atoms with E-state index >= 15 is 0 Å². The van der Waals surface area contributed by atoms with E-state index in [9.17, 15) is 4.79 Å². The van der Waals surface area contributed by atoms with E-state index in [1.54, 1.807) is 6.26 Å². The topological polar surface area (TPSA) is 30.2 Å². The van der Waals surface area contributed by atoms with Crippen molar-refractivity contribution < 1.29 is 9.21 Å². The van der Waals surface area contributed by atoms with Crippen LogP contribution in [-0.4, -0.2) is 5.78 Å². The smallest absolute Gasteiger partial charge is 0.171 e. The monoisotopic (exact) mass is 236 g/mol. The van der Waals surface area contributed by atoms with Crippen molar-refractivity contribution in [2.24, 2.45) is 0 Å². The van der Waals surface area contributed by atoms with Gasteiger partial charge >= 0.3 is 0 Å². The summed E-state index contributed by atoms with van der Waals surface area (Å²) in [6.07, 6.45) is 1.96. The molecule has 0 aliphatic rings. The molecule has 2 aromatic carbocycles. The first kappa shape index (κ1) is 10.8. The summed E-state index contributed by atoms with van der Waals surface area (Å²) in [5.41, 5.74) is 2.44. The van der Waals surface area contributed by atoms with Gasteiger partial charge in [-0.2, -0.15) is 0 Å². The molecule has 0 aliphatic heterocycles. The average molecular weight is 236 g/mol. The molecule has 18 heavy (non-hydrogen) atoms. The van der Waals surface area contributed by atoms with Crippen LogP contribution in [-0.2, 0) is 6.42 Å². The van der Waals surface area contributed by atoms with Gasteiger partial charge in [-0.3, -0.25) is 4.79 Å². The van der Waals surface area contributed by atoms with Crippen molar-refractivity contribution in [3.05, 3.63) is 72.0 Å². The van der Waals surface area contributed by atoms with E-state index in [1.165, 1.54) is 0 Å². The number of Topliss-reactive ketones (excluding diaryl/α,β-unsaturated/α-hetero) is 1. The Morgan fingerprint density at radius 1 is 0.944 bits per heavy atom. The van der Waals surface area contributed by atoms with E-state index in [4.69, 9.17) is 4.42 Å². The highest BCUT2D eigenvalue weighted by molar-refractivity contribution is 6.07. The van der Waals surface area contributed by atoms with E-state index in [-0.39, 0.29) is 5.78 Å². The molecule has 0 spiro atoms. The molecule has 88 valence electrons. The Labute approximate surface area is 105 Å². The van der Waals surface area contributed by atoms with Crippen molar-refractivity contribution in [1.82, 2.24) is 0 Å². The second kappa shape index (κ2) is 4.49. The lowest BCUT2D eigenvalue weighted by molar-refractivity contribution is 0.0993. The molecule has 3 rings (SSSR count). The quantitative estimate of drug-likeness (QED) is 0.646. The van der Waals surface area contributed by atoms with Gasteiger partial charge in [-0.15, -0.1) is 0 Å². The van der Waals surface area contributed by atoms with Crippen LogP contribution < -0.4 is 0 Å². The summed E-state index contributed by atoms with van der Waals surface area (Å²) in [4.78, 5) is 12.2. The largest absolute Gasteiger partial charge is 0.464 e. The number of rotatable bonds is 3. The molecule has 0 aliphatic carbocycles. The Kier molecular flexibility index (Phi) is 2.69. The zero-order valence-corrected chi connectivity index (χ0v) is 9.80. The van der Waals surface area contributed by atoms with Gasteiger partial charge in [0.05, 0.1) is 5.56 Å². The molecule has 0 atom stereocenters. The lowest BCUT2D eigenvalue weighted by atomic mass is 10.0. The van der Waals surface area contributed by atoms with Crippen LogP contribution in [0.5, 0.6) is 0 Å². The van der Waals surface area contributed by atoms with Gasteiger partial charge in [0.1, 0.15) is 11.8 Å². The molecule has 0 radical (unpaired) electrons. The van der Waals surface area contributed by atoms with Crippen LogP contribution in [0.15, 0.2) is 65.3 Å². The molecular weight excluding hydrogens is 224 g/mol. The number of ketones is 1. The van der Waals surface area contributed by atoms with Crippen molar-refractivity contribution in [2.75, 3.05) is 0 Å². The predicted octanol–water partition coefficient (Wildman–Crippen LogP) is 3.86. The second-order valence-electron chi connectivity index (χ2n) is 4.23. The number of hydrogen-bond acceptors (Lipinski definition) is 2. The fourth-order valence-corrected chi connectivity index (χ4v) is 2.07. The molecule has 2 nitrogen and oxygen atoms in total. The summed E-state index contributed by atoms with van der Waals surface area (Å²) in [7, 11) is 0. The first-order chi connectivity index (χ1) is 8.84. The third-order valence-electron chi connectivity index (χ3n) is 2.99. The van der Waals surface area contributed by atoms with Gasteiger partial charge in [-0.05, 0) is 11.6 Å². The van der Waals surface area contributed by atoms with Crippen LogP contribution in [0.3, 0.4) is 0 Å². The van der Waals surface area contributed by atoms with Crippen molar-refractivity contribution in [1.29, 1.82) is 0 Å². The summed E-state index contributed by atoms with van der Waals surface area (Å²) >= 11 is 0. The second-order valence-corrected chi connectivity index (χ2v) is 4.23. The van der Waals surface area contributed by atoms with Crippen LogP contribution in [0.2, 0.25) is 0 Å². The van der Waals surface area contributed by atoms with Gasteiger partial charge < -0.3 is 4.42 Å². The minimum atomic E-state index is 0.0890. The van der Waals surface area contributed by atoms with Gasteiger partial charge in [0.2, 0.25) is 0 Å². The Bertz CT molecular complexity index is 680. The van der Waals surface area contributed by atoms with Crippen LogP contribution in [0, 0.1) is 0 Å². The lowest BCUT2D eigenvalue weighted by Crippen LogP contribution is -2.02. The Morgan fingerprint density at radius 3 is 2.50 bits per heavy atom. The summed E-state index contributed by atoms with van der Waals surface area (Å²) in [6, 6.07) is 17.3. The molecule has 1 heterocycles. The van der Waals surface area contributed by atoms with Crippen LogP contribution in [0.4, 0.5) is 0 Å². The van der Waals surface area contributed by atoms with E-state index in [1.807, 2.05) is 54.6 Å². The van der Waals surface area contributed by atoms with E-state index < -0.39 is 0 Å². The molecule has 1 aromatic heterocycles. The number of carbonyl (C=O) groups is 1. The SMILES string of the molecule is O=C(Cc1ccccc1)c1coc2ccccc12. The summed E-state index contributed by atoms with van der Waals surface area (Å²) in [5.74, 6) is 0.0890. The average Bonchev–Trinajstić information content (AvgIpc) is 2.84. The number of fused-ring (bicyclic) bond motifs is 1. The molecule has 0 unspecified atom stereocenters. The molecule has 0 saturated heterocycles. The molecular formula is C16H12O2. The molecule has 2 heteroatoms. The minimum absolute atomic E-state index is 0.0890. The number of furan rings is 1. The molecule has 0 saturated carbocycles. The third kappa shape index (κ3) is 1.93. The third-order valence-corrected chi connectivity index (χ3v) is 2.99. The number of benzene rings is 2. The number of hydrogen-bond donors (Lipinski definition) is 0. The first-order valence-electron chi connectivity index (χ1n) is 5.88. The summed E-state index contributed by atoms with van der Waals surface area (Å²) in [5, 5.41) is 0.887. The fourth-order valence-electron chi connectivity index (χ4n) is 2.07. The Balaban J connectivity index is 1.93. The zero-order valence-electron chi connectivity index (χ0n) is 9.80. The minimum Gasteiger partial charge on any atom is -0.464 e. The molecule has 0 fully saturated rings. The maximum Gasteiger partial charge on any atom is 0.171 e. The fraction of sp³-hybridized carbons (Fsp3) is 0.0625. The van der Waals surface area contributed by atoms with Crippen LogP contribution >= 0.6 is 0 Å². The standard InChI is InChI=1S/C16H12O2/c17-15(10-12-6-2-1-3-7-12)14-11-18-16-9-5-4-8-13(14)16/h1-9,11H,10H2. The number of para-hydroxylation sites is 1. The molecule has 0 bridgehead atoms. The van der Waals surface area contributed by atoms with Gasteiger partial charge in [0.25, 0.3) is 0 Å². The van der Waals surface area contributed by atoms with Gasteiger partial charge in [0, 0.05) is 11.8 Å². The highest BCUT2D eigenvalue weighted by Gasteiger charge is 2.13.